The molecule has 0 radical (unpaired) electrons. The molecule has 188 valence electrons. The lowest BCUT2D eigenvalue weighted by Crippen LogP contribution is -2.52. The first-order valence-electron chi connectivity index (χ1n) is 12.0. The number of esters is 1. The van der Waals surface area contributed by atoms with E-state index in [1.165, 1.54) is 0 Å². The number of urea groups is 1. The van der Waals surface area contributed by atoms with Crippen LogP contribution in [0.1, 0.15) is 58.9 Å². The van der Waals surface area contributed by atoms with Crippen molar-refractivity contribution in [2.75, 3.05) is 39.3 Å². The summed E-state index contributed by atoms with van der Waals surface area (Å²) in [6.45, 7) is 10.3. The predicted molar refractivity (Wildman–Crippen MR) is 131 cm³/mol. The van der Waals surface area contributed by atoms with Gasteiger partial charge in [-0.25, -0.2) is 9.59 Å². The van der Waals surface area contributed by atoms with Crippen LogP contribution >= 0.6 is 0 Å². The van der Waals surface area contributed by atoms with Crippen LogP contribution in [0.15, 0.2) is 35.3 Å². The Bertz CT molecular complexity index is 827. The number of amidine groups is 1. The highest BCUT2D eigenvalue weighted by Crippen LogP contribution is 2.14. The van der Waals surface area contributed by atoms with Crippen LogP contribution in [0.5, 0.6) is 0 Å². The molecule has 0 bridgehead atoms. The van der Waals surface area contributed by atoms with E-state index in [0.717, 1.165) is 24.8 Å². The molecule has 0 spiro atoms. The summed E-state index contributed by atoms with van der Waals surface area (Å²) < 4.78 is 10.4. The van der Waals surface area contributed by atoms with Crippen molar-refractivity contribution in [2.45, 2.75) is 59.0 Å². The summed E-state index contributed by atoms with van der Waals surface area (Å²) in [5.41, 5.74) is 0.305. The van der Waals surface area contributed by atoms with Crippen molar-refractivity contribution in [1.82, 2.24) is 15.1 Å². The second-order valence-electron chi connectivity index (χ2n) is 9.10. The molecule has 1 saturated heterocycles. The number of ether oxygens (including phenoxy) is 2. The minimum Gasteiger partial charge on any atom is -0.466 e. The average Bonchev–Trinajstić information content (AvgIpc) is 2.79. The average molecular weight is 475 g/mol. The Morgan fingerprint density at radius 2 is 1.62 bits per heavy atom. The van der Waals surface area contributed by atoms with Crippen LogP contribution < -0.4 is 5.32 Å². The third-order valence-corrected chi connectivity index (χ3v) is 5.11. The van der Waals surface area contributed by atoms with E-state index in [-0.39, 0.29) is 12.1 Å². The highest BCUT2D eigenvalue weighted by molar-refractivity contribution is 6.04. The zero-order chi connectivity index (χ0) is 25.0. The molecule has 0 aliphatic carbocycles. The van der Waals surface area contributed by atoms with Gasteiger partial charge in [0.15, 0.2) is 0 Å². The van der Waals surface area contributed by atoms with Gasteiger partial charge in [-0.05, 0) is 40.5 Å². The largest absolute Gasteiger partial charge is 0.466 e. The molecule has 1 aliphatic rings. The van der Waals surface area contributed by atoms with Crippen LogP contribution in [-0.4, -0.2) is 78.7 Å². The van der Waals surface area contributed by atoms with E-state index in [1.807, 2.05) is 56.0 Å². The molecule has 0 atom stereocenters. The van der Waals surface area contributed by atoms with Gasteiger partial charge >= 0.3 is 18.1 Å². The number of hydrogen-bond acceptors (Lipinski definition) is 5. The van der Waals surface area contributed by atoms with E-state index < -0.39 is 11.6 Å². The fourth-order valence-corrected chi connectivity index (χ4v) is 3.47. The fourth-order valence-electron chi connectivity index (χ4n) is 3.47. The van der Waals surface area contributed by atoms with Gasteiger partial charge in [-0.3, -0.25) is 4.79 Å². The molecular formula is C25H38N4O5. The summed E-state index contributed by atoms with van der Waals surface area (Å²) in [7, 11) is 0. The number of unbranched alkanes of at least 4 members (excludes halogenated alkanes) is 2. The van der Waals surface area contributed by atoms with Gasteiger partial charge in [-0.2, -0.15) is 4.99 Å². The van der Waals surface area contributed by atoms with E-state index in [2.05, 4.69) is 10.3 Å². The van der Waals surface area contributed by atoms with Gasteiger partial charge in [-0.15, -0.1) is 0 Å². The number of carbonyl (C=O) groups excluding carboxylic acids is 3. The van der Waals surface area contributed by atoms with Crippen molar-refractivity contribution in [3.63, 3.8) is 0 Å². The second-order valence-corrected chi connectivity index (χ2v) is 9.10. The highest BCUT2D eigenvalue weighted by atomic mass is 16.6. The molecule has 3 amide bonds. The first-order chi connectivity index (χ1) is 16.2. The standard InChI is InChI=1S/C25H38N4O5/c1-5-33-21(30)14-10-7-11-15-26-23(31)27-22(20-12-8-6-9-13-20)28-16-18-29(19-17-28)24(32)34-25(2,3)4/h6,8-9,12-13H,5,7,10-11,14-19H2,1-4H3,(H,26,31)/b27-22+. The Labute approximate surface area is 202 Å². The molecule has 9 nitrogen and oxygen atoms in total. The molecule has 2 rings (SSSR count). The first-order valence-corrected chi connectivity index (χ1v) is 12.0. The Balaban J connectivity index is 1.90. The van der Waals surface area contributed by atoms with Crippen molar-refractivity contribution in [2.24, 2.45) is 4.99 Å². The maximum Gasteiger partial charge on any atom is 0.410 e. The van der Waals surface area contributed by atoms with Gasteiger partial charge in [0.2, 0.25) is 0 Å². The van der Waals surface area contributed by atoms with Gasteiger partial charge < -0.3 is 24.6 Å². The monoisotopic (exact) mass is 474 g/mol. The third kappa shape index (κ3) is 9.80. The topological polar surface area (TPSA) is 101 Å². The summed E-state index contributed by atoms with van der Waals surface area (Å²) in [4.78, 5) is 44.3. The smallest absolute Gasteiger partial charge is 0.410 e. The SMILES string of the molecule is CCOC(=O)CCCCCNC(=O)/N=C(\c1ccccc1)N1CCN(C(=O)OC(C)(C)C)CC1. The fraction of sp³-hybridized carbons (Fsp3) is 0.600. The van der Waals surface area contributed by atoms with E-state index in [4.69, 9.17) is 9.47 Å². The molecule has 0 aromatic heterocycles. The van der Waals surface area contributed by atoms with E-state index >= 15 is 0 Å². The summed E-state index contributed by atoms with van der Waals surface area (Å²) in [5, 5.41) is 2.83. The van der Waals surface area contributed by atoms with Crippen molar-refractivity contribution < 1.29 is 23.9 Å². The number of carbonyl (C=O) groups is 3. The van der Waals surface area contributed by atoms with E-state index in [0.29, 0.717) is 51.6 Å². The molecular weight excluding hydrogens is 436 g/mol. The van der Waals surface area contributed by atoms with E-state index in [1.54, 1.807) is 11.8 Å². The Morgan fingerprint density at radius 1 is 0.971 bits per heavy atom. The predicted octanol–water partition coefficient (Wildman–Crippen LogP) is 3.82. The zero-order valence-corrected chi connectivity index (χ0v) is 20.8. The lowest BCUT2D eigenvalue weighted by atomic mass is 10.1. The summed E-state index contributed by atoms with van der Waals surface area (Å²) >= 11 is 0. The van der Waals surface area contributed by atoms with Crippen LogP contribution in [0.2, 0.25) is 0 Å². The lowest BCUT2D eigenvalue weighted by Gasteiger charge is -2.37. The maximum absolute atomic E-state index is 12.5. The molecule has 1 heterocycles. The lowest BCUT2D eigenvalue weighted by molar-refractivity contribution is -0.143. The molecule has 1 aliphatic heterocycles. The number of rotatable bonds is 8. The summed E-state index contributed by atoms with van der Waals surface area (Å²) in [6.07, 6.45) is 2.38. The number of nitrogens with zero attached hydrogens (tertiary/aromatic N) is 3. The minimum absolute atomic E-state index is 0.185. The maximum atomic E-state index is 12.5. The molecule has 0 saturated carbocycles. The van der Waals surface area contributed by atoms with Crippen molar-refractivity contribution in [1.29, 1.82) is 0 Å². The zero-order valence-electron chi connectivity index (χ0n) is 20.8. The number of amides is 3. The van der Waals surface area contributed by atoms with Crippen LogP contribution in [0.25, 0.3) is 0 Å². The van der Waals surface area contributed by atoms with Crippen LogP contribution in [0.3, 0.4) is 0 Å². The van der Waals surface area contributed by atoms with Crippen LogP contribution in [-0.2, 0) is 14.3 Å². The molecule has 1 aromatic carbocycles. The Morgan fingerprint density at radius 3 is 2.24 bits per heavy atom. The third-order valence-electron chi connectivity index (χ3n) is 5.11. The quantitative estimate of drug-likeness (QED) is 0.266. The van der Waals surface area contributed by atoms with Crippen LogP contribution in [0, 0.1) is 0 Å². The highest BCUT2D eigenvalue weighted by Gasteiger charge is 2.27. The molecule has 1 fully saturated rings. The number of nitrogens with one attached hydrogen (secondary N) is 1. The van der Waals surface area contributed by atoms with Crippen molar-refractivity contribution in [3.05, 3.63) is 35.9 Å². The molecule has 9 heteroatoms. The van der Waals surface area contributed by atoms with Crippen molar-refractivity contribution >= 4 is 23.9 Å². The Hall–Kier alpha value is -3.10. The van der Waals surface area contributed by atoms with Gasteiger partial charge in [0.05, 0.1) is 6.61 Å². The molecule has 1 N–H and O–H groups in total. The van der Waals surface area contributed by atoms with Crippen LogP contribution in [0.4, 0.5) is 9.59 Å². The molecule has 1 aromatic rings. The Kier molecular flexibility index (Phi) is 10.8. The van der Waals surface area contributed by atoms with Crippen molar-refractivity contribution in [3.8, 4) is 0 Å². The van der Waals surface area contributed by atoms with Gasteiger partial charge in [0.25, 0.3) is 0 Å². The number of hydrogen-bond donors (Lipinski definition) is 1. The second kappa shape index (κ2) is 13.6. The van der Waals surface area contributed by atoms with Gasteiger partial charge in [0, 0.05) is 44.7 Å². The first kappa shape index (κ1) is 27.1. The molecule has 34 heavy (non-hydrogen) atoms. The summed E-state index contributed by atoms with van der Waals surface area (Å²) in [5.74, 6) is 0.402. The number of aliphatic imine (C=N–C) groups is 1. The minimum atomic E-state index is -0.540. The normalized spacial score (nSPS) is 14.5. The molecule has 0 unspecified atom stereocenters. The summed E-state index contributed by atoms with van der Waals surface area (Å²) in [6, 6.07) is 9.16. The van der Waals surface area contributed by atoms with Gasteiger partial charge in [-0.1, -0.05) is 36.8 Å². The van der Waals surface area contributed by atoms with E-state index in [9.17, 15) is 14.4 Å². The number of piperazine rings is 1. The number of benzene rings is 1. The van der Waals surface area contributed by atoms with Gasteiger partial charge in [0.1, 0.15) is 11.4 Å².